The van der Waals surface area contributed by atoms with E-state index in [1.165, 1.54) is 6.26 Å². The number of furan rings is 1. The number of benzene rings is 2. The molecule has 0 saturated carbocycles. The third-order valence-electron chi connectivity index (χ3n) is 6.04. The number of carbonyl (C=O) groups excluding carboxylic acids is 1. The molecular weight excluding hydrogens is 446 g/mol. The van der Waals surface area contributed by atoms with Crippen LogP contribution in [0, 0.1) is 0 Å². The van der Waals surface area contributed by atoms with Crippen molar-refractivity contribution in [3.05, 3.63) is 83.8 Å². The molecule has 0 aliphatic carbocycles. The number of amides is 1. The molecule has 180 valence electrons. The Kier molecular flexibility index (Phi) is 6.43. The van der Waals surface area contributed by atoms with Crippen molar-refractivity contribution < 1.29 is 23.2 Å². The Morgan fingerprint density at radius 3 is 2.49 bits per heavy atom. The third kappa shape index (κ3) is 4.59. The summed E-state index contributed by atoms with van der Waals surface area (Å²) in [5.41, 5.74) is 3.41. The molecule has 0 radical (unpaired) electrons. The van der Waals surface area contributed by atoms with Crippen LogP contribution >= 0.6 is 0 Å². The highest BCUT2D eigenvalue weighted by Crippen LogP contribution is 2.35. The quantitative estimate of drug-likeness (QED) is 0.324. The van der Waals surface area contributed by atoms with Crippen LogP contribution in [0.2, 0.25) is 0 Å². The van der Waals surface area contributed by atoms with Gasteiger partial charge in [0.1, 0.15) is 5.69 Å². The molecule has 8 nitrogen and oxygen atoms in total. The number of rotatable bonds is 9. The van der Waals surface area contributed by atoms with Gasteiger partial charge in [-0.2, -0.15) is 0 Å². The fraction of sp³-hybridized carbons (Fsp3) is 0.259. The highest BCUT2D eigenvalue weighted by molar-refractivity contribution is 5.91. The van der Waals surface area contributed by atoms with Crippen LogP contribution in [-0.2, 0) is 13.1 Å². The summed E-state index contributed by atoms with van der Waals surface area (Å²) in [5.74, 6) is 2.08. The van der Waals surface area contributed by atoms with Crippen molar-refractivity contribution in [2.75, 3.05) is 24.8 Å². The number of fused-ring (bicyclic) bond motifs is 1. The van der Waals surface area contributed by atoms with E-state index < -0.39 is 0 Å². The largest absolute Gasteiger partial charge is 0.459 e. The topological polar surface area (TPSA) is 81.2 Å². The Labute approximate surface area is 203 Å². The van der Waals surface area contributed by atoms with Gasteiger partial charge < -0.3 is 28.2 Å². The van der Waals surface area contributed by atoms with E-state index in [1.54, 1.807) is 17.0 Å². The first kappa shape index (κ1) is 22.6. The molecule has 0 fully saturated rings. The molecule has 1 aliphatic rings. The van der Waals surface area contributed by atoms with Crippen LogP contribution in [0.5, 0.6) is 11.5 Å². The molecule has 35 heavy (non-hydrogen) atoms. The predicted molar refractivity (Wildman–Crippen MR) is 130 cm³/mol. The van der Waals surface area contributed by atoms with E-state index in [9.17, 15) is 4.79 Å². The lowest BCUT2D eigenvalue weighted by molar-refractivity contribution is 0.0697. The lowest BCUT2D eigenvalue weighted by atomic mass is 10.1. The predicted octanol–water partition coefficient (Wildman–Crippen LogP) is 5.35. The van der Waals surface area contributed by atoms with Crippen LogP contribution in [0.15, 0.2) is 75.9 Å². The summed E-state index contributed by atoms with van der Waals surface area (Å²) in [6, 6.07) is 19.0. The van der Waals surface area contributed by atoms with E-state index in [-0.39, 0.29) is 25.0 Å². The second-order valence-corrected chi connectivity index (χ2v) is 8.18. The summed E-state index contributed by atoms with van der Waals surface area (Å²) < 4.78 is 22.3. The minimum atomic E-state index is -0.224. The normalized spacial score (nSPS) is 12.1. The summed E-state index contributed by atoms with van der Waals surface area (Å²) in [7, 11) is 0. The van der Waals surface area contributed by atoms with E-state index >= 15 is 0 Å². The Morgan fingerprint density at radius 2 is 1.74 bits per heavy atom. The SMILES string of the molecule is CCN(CC)c1onc(-c2ccccc2)c1CN(Cc1ccc2c(c1)OCO2)C(=O)c1ccco1. The van der Waals surface area contributed by atoms with E-state index in [1.807, 2.05) is 48.5 Å². The zero-order valence-corrected chi connectivity index (χ0v) is 19.8. The Hall–Kier alpha value is -4.20. The number of nitrogens with zero attached hydrogens (tertiary/aromatic N) is 3. The zero-order valence-electron chi connectivity index (χ0n) is 19.8. The van der Waals surface area contributed by atoms with Crippen molar-refractivity contribution in [2.45, 2.75) is 26.9 Å². The van der Waals surface area contributed by atoms with Crippen molar-refractivity contribution in [3.8, 4) is 22.8 Å². The van der Waals surface area contributed by atoms with Gasteiger partial charge in [0.2, 0.25) is 12.7 Å². The second-order valence-electron chi connectivity index (χ2n) is 8.18. The van der Waals surface area contributed by atoms with E-state index in [0.717, 1.165) is 35.5 Å². The van der Waals surface area contributed by atoms with Crippen molar-refractivity contribution >= 4 is 11.8 Å². The summed E-state index contributed by atoms with van der Waals surface area (Å²) in [6.07, 6.45) is 1.50. The maximum absolute atomic E-state index is 13.5. The average Bonchev–Trinajstić information content (AvgIpc) is 3.66. The smallest absolute Gasteiger partial charge is 0.290 e. The average molecular weight is 474 g/mol. The number of anilines is 1. The summed E-state index contributed by atoms with van der Waals surface area (Å²) in [4.78, 5) is 17.4. The third-order valence-corrected chi connectivity index (χ3v) is 6.04. The molecule has 0 bridgehead atoms. The Balaban J connectivity index is 1.54. The number of hydrogen-bond acceptors (Lipinski definition) is 7. The van der Waals surface area contributed by atoms with Gasteiger partial charge in [0, 0.05) is 25.2 Å². The fourth-order valence-electron chi connectivity index (χ4n) is 4.23. The van der Waals surface area contributed by atoms with Crippen molar-refractivity contribution in [1.29, 1.82) is 0 Å². The maximum Gasteiger partial charge on any atom is 0.290 e. The van der Waals surface area contributed by atoms with Gasteiger partial charge in [0.05, 0.1) is 18.4 Å². The molecule has 2 aromatic heterocycles. The molecule has 5 rings (SSSR count). The molecule has 0 unspecified atom stereocenters. The zero-order chi connectivity index (χ0) is 24.2. The van der Waals surface area contributed by atoms with Crippen molar-refractivity contribution in [3.63, 3.8) is 0 Å². The van der Waals surface area contributed by atoms with Gasteiger partial charge in [0.25, 0.3) is 5.91 Å². The molecule has 0 saturated heterocycles. The molecule has 0 spiro atoms. The number of aromatic nitrogens is 1. The molecule has 8 heteroatoms. The molecule has 0 N–H and O–H groups in total. The van der Waals surface area contributed by atoms with Crippen LogP contribution in [-0.4, -0.2) is 35.8 Å². The van der Waals surface area contributed by atoms with Crippen LogP contribution < -0.4 is 14.4 Å². The fourth-order valence-corrected chi connectivity index (χ4v) is 4.23. The van der Waals surface area contributed by atoms with Crippen molar-refractivity contribution in [2.24, 2.45) is 0 Å². The van der Waals surface area contributed by atoms with Gasteiger partial charge in [-0.1, -0.05) is 41.6 Å². The highest BCUT2D eigenvalue weighted by Gasteiger charge is 2.27. The van der Waals surface area contributed by atoms with Gasteiger partial charge >= 0.3 is 0 Å². The lowest BCUT2D eigenvalue weighted by Gasteiger charge is -2.24. The summed E-state index contributed by atoms with van der Waals surface area (Å²) in [6.45, 7) is 6.46. The Morgan fingerprint density at radius 1 is 0.943 bits per heavy atom. The van der Waals surface area contributed by atoms with E-state index in [4.69, 9.17) is 18.4 Å². The van der Waals surface area contributed by atoms with Gasteiger partial charge in [-0.25, -0.2) is 0 Å². The van der Waals surface area contributed by atoms with Crippen molar-refractivity contribution in [1.82, 2.24) is 10.1 Å². The molecule has 0 atom stereocenters. The second kappa shape index (κ2) is 9.97. The molecule has 1 aliphatic heterocycles. The van der Waals surface area contributed by atoms with Crippen LogP contribution in [0.25, 0.3) is 11.3 Å². The molecule has 3 heterocycles. The van der Waals surface area contributed by atoms with Gasteiger partial charge in [-0.15, -0.1) is 0 Å². The van der Waals surface area contributed by atoms with Gasteiger partial charge in [-0.3, -0.25) is 4.79 Å². The van der Waals surface area contributed by atoms with Crippen LogP contribution in [0.4, 0.5) is 5.88 Å². The lowest BCUT2D eigenvalue weighted by Crippen LogP contribution is -2.31. The standard InChI is InChI=1S/C27H27N3O5/c1-3-29(4-2)27-21(25(28-35-27)20-9-6-5-7-10-20)17-30(26(31)23-11-8-14-32-23)16-19-12-13-22-24(15-19)34-18-33-22/h5-15H,3-4,16-18H2,1-2H3. The first-order valence-electron chi connectivity index (χ1n) is 11.7. The molecule has 1 amide bonds. The monoisotopic (exact) mass is 473 g/mol. The minimum absolute atomic E-state index is 0.197. The molecular formula is C27H27N3O5. The first-order chi connectivity index (χ1) is 17.2. The van der Waals surface area contributed by atoms with Gasteiger partial charge in [-0.05, 0) is 43.7 Å². The summed E-state index contributed by atoms with van der Waals surface area (Å²) >= 11 is 0. The molecule has 2 aromatic carbocycles. The highest BCUT2D eigenvalue weighted by atomic mass is 16.7. The van der Waals surface area contributed by atoms with Gasteiger partial charge in [0.15, 0.2) is 17.3 Å². The number of ether oxygens (including phenoxy) is 2. The van der Waals surface area contributed by atoms with Crippen LogP contribution in [0.1, 0.15) is 35.5 Å². The minimum Gasteiger partial charge on any atom is -0.459 e. The van der Waals surface area contributed by atoms with E-state index in [0.29, 0.717) is 23.9 Å². The number of carbonyl (C=O) groups is 1. The van der Waals surface area contributed by atoms with E-state index in [2.05, 4.69) is 23.9 Å². The van der Waals surface area contributed by atoms with Crippen LogP contribution in [0.3, 0.4) is 0 Å². The Bertz CT molecular complexity index is 1280. The first-order valence-corrected chi connectivity index (χ1v) is 11.7. The molecule has 4 aromatic rings. The maximum atomic E-state index is 13.5. The number of hydrogen-bond donors (Lipinski definition) is 0. The summed E-state index contributed by atoms with van der Waals surface area (Å²) in [5, 5.41) is 4.42.